The van der Waals surface area contributed by atoms with Crippen molar-refractivity contribution in [1.29, 1.82) is 0 Å². The number of carboxylic acid groups (broad SMARTS) is 1. The highest BCUT2D eigenvalue weighted by Gasteiger charge is 2.14. The SMILES string of the molecule is COCc1ccc(F)c(CCC(=O)O)c1F. The lowest BCUT2D eigenvalue weighted by molar-refractivity contribution is -0.136. The number of hydrogen-bond acceptors (Lipinski definition) is 2. The van der Waals surface area contributed by atoms with Crippen molar-refractivity contribution < 1.29 is 23.4 Å². The van der Waals surface area contributed by atoms with Crippen LogP contribution in [0, 0.1) is 11.6 Å². The van der Waals surface area contributed by atoms with E-state index < -0.39 is 17.6 Å². The molecule has 0 amide bonds. The molecule has 5 heteroatoms. The van der Waals surface area contributed by atoms with Crippen molar-refractivity contribution in [2.24, 2.45) is 0 Å². The molecule has 1 aromatic carbocycles. The molecule has 3 nitrogen and oxygen atoms in total. The number of benzene rings is 1. The van der Waals surface area contributed by atoms with Gasteiger partial charge in [0.15, 0.2) is 0 Å². The van der Waals surface area contributed by atoms with Crippen LogP contribution < -0.4 is 0 Å². The van der Waals surface area contributed by atoms with E-state index in [9.17, 15) is 13.6 Å². The molecule has 0 aliphatic carbocycles. The molecular formula is C11H12F2O3. The molecule has 0 aliphatic rings. The smallest absolute Gasteiger partial charge is 0.303 e. The second-order valence-corrected chi connectivity index (χ2v) is 3.33. The van der Waals surface area contributed by atoms with E-state index >= 15 is 0 Å². The number of carboxylic acids is 1. The summed E-state index contributed by atoms with van der Waals surface area (Å²) in [6.07, 6.45) is -0.463. The topological polar surface area (TPSA) is 46.5 Å². The van der Waals surface area contributed by atoms with Gasteiger partial charge >= 0.3 is 5.97 Å². The molecule has 0 radical (unpaired) electrons. The van der Waals surface area contributed by atoms with E-state index in [1.54, 1.807) is 0 Å². The van der Waals surface area contributed by atoms with Crippen LogP contribution >= 0.6 is 0 Å². The summed E-state index contributed by atoms with van der Waals surface area (Å²) in [6, 6.07) is 2.41. The Morgan fingerprint density at radius 2 is 2.12 bits per heavy atom. The molecule has 0 saturated carbocycles. The molecule has 0 saturated heterocycles. The molecule has 0 fully saturated rings. The normalized spacial score (nSPS) is 10.4. The molecule has 1 rings (SSSR count). The number of methoxy groups -OCH3 is 1. The lowest BCUT2D eigenvalue weighted by Crippen LogP contribution is -2.05. The summed E-state index contributed by atoms with van der Waals surface area (Å²) in [5.41, 5.74) is 0.0289. The summed E-state index contributed by atoms with van der Waals surface area (Å²) >= 11 is 0. The first kappa shape index (κ1) is 12.6. The Morgan fingerprint density at radius 1 is 1.44 bits per heavy atom. The van der Waals surface area contributed by atoms with Gasteiger partial charge in [-0.15, -0.1) is 0 Å². The summed E-state index contributed by atoms with van der Waals surface area (Å²) < 4.78 is 31.7. The van der Waals surface area contributed by atoms with Gasteiger partial charge < -0.3 is 9.84 Å². The van der Waals surface area contributed by atoms with Crippen molar-refractivity contribution in [3.05, 3.63) is 34.9 Å². The van der Waals surface area contributed by atoms with E-state index in [0.29, 0.717) is 0 Å². The Morgan fingerprint density at radius 3 is 2.69 bits per heavy atom. The molecule has 1 N–H and O–H groups in total. The van der Waals surface area contributed by atoms with Crippen molar-refractivity contribution in [3.63, 3.8) is 0 Å². The van der Waals surface area contributed by atoms with E-state index in [4.69, 9.17) is 9.84 Å². The molecular weight excluding hydrogens is 218 g/mol. The summed E-state index contributed by atoms with van der Waals surface area (Å²) in [4.78, 5) is 10.3. The van der Waals surface area contributed by atoms with E-state index in [1.165, 1.54) is 13.2 Å². The lowest BCUT2D eigenvalue weighted by atomic mass is 10.0. The summed E-state index contributed by atoms with van der Waals surface area (Å²) in [5.74, 6) is -2.53. The first-order valence-corrected chi connectivity index (χ1v) is 4.72. The quantitative estimate of drug-likeness (QED) is 0.842. The van der Waals surface area contributed by atoms with Gasteiger partial charge in [0.2, 0.25) is 0 Å². The van der Waals surface area contributed by atoms with Crippen LogP contribution in [0.3, 0.4) is 0 Å². The van der Waals surface area contributed by atoms with Crippen LogP contribution in [0.25, 0.3) is 0 Å². The predicted octanol–water partition coefficient (Wildman–Crippen LogP) is 2.13. The van der Waals surface area contributed by atoms with E-state index in [1.807, 2.05) is 0 Å². The first-order valence-electron chi connectivity index (χ1n) is 4.72. The molecule has 0 aliphatic heterocycles. The van der Waals surface area contributed by atoms with E-state index in [0.717, 1.165) is 6.07 Å². The summed E-state index contributed by atoms with van der Waals surface area (Å²) in [5, 5.41) is 8.46. The Kier molecular flexibility index (Phi) is 4.37. The number of ether oxygens (including phenoxy) is 1. The molecule has 0 heterocycles. The average Bonchev–Trinajstić information content (AvgIpc) is 2.22. The minimum atomic E-state index is -1.09. The van der Waals surface area contributed by atoms with Crippen LogP contribution in [0.2, 0.25) is 0 Å². The highest BCUT2D eigenvalue weighted by Crippen LogP contribution is 2.19. The number of rotatable bonds is 5. The van der Waals surface area contributed by atoms with Gasteiger partial charge in [-0.3, -0.25) is 4.79 Å². The zero-order valence-electron chi connectivity index (χ0n) is 8.80. The minimum absolute atomic E-state index is 0.0339. The van der Waals surface area contributed by atoms with Crippen LogP contribution in [0.5, 0.6) is 0 Å². The van der Waals surface area contributed by atoms with Gasteiger partial charge in [0.25, 0.3) is 0 Å². The standard InChI is InChI=1S/C11H12F2O3/c1-16-6-7-2-4-9(12)8(11(7)13)3-5-10(14)15/h2,4H,3,5-6H2,1H3,(H,14,15). The number of halogens is 2. The Hall–Kier alpha value is -1.49. The summed E-state index contributed by atoms with van der Waals surface area (Å²) in [6.45, 7) is 0.0339. The molecule has 0 spiro atoms. The number of aliphatic carboxylic acids is 1. The molecule has 0 atom stereocenters. The van der Waals surface area contributed by atoms with Crippen molar-refractivity contribution in [2.45, 2.75) is 19.4 Å². The second-order valence-electron chi connectivity index (χ2n) is 3.33. The highest BCUT2D eigenvalue weighted by atomic mass is 19.1. The van der Waals surface area contributed by atoms with Gasteiger partial charge in [-0.25, -0.2) is 8.78 Å². The van der Waals surface area contributed by atoms with Gasteiger partial charge in [-0.2, -0.15) is 0 Å². The van der Waals surface area contributed by atoms with Gasteiger partial charge in [0.05, 0.1) is 6.61 Å². The minimum Gasteiger partial charge on any atom is -0.481 e. The van der Waals surface area contributed by atoms with Crippen molar-refractivity contribution in [1.82, 2.24) is 0 Å². The lowest BCUT2D eigenvalue weighted by Gasteiger charge is -2.08. The Labute approximate surface area is 91.7 Å². The fraction of sp³-hybridized carbons (Fsp3) is 0.364. The molecule has 1 aromatic rings. The third-order valence-corrected chi connectivity index (χ3v) is 2.15. The van der Waals surface area contributed by atoms with Crippen molar-refractivity contribution >= 4 is 5.97 Å². The molecule has 0 unspecified atom stereocenters. The predicted molar refractivity (Wildman–Crippen MR) is 53.0 cm³/mol. The van der Waals surface area contributed by atoms with Gasteiger partial charge in [0.1, 0.15) is 11.6 Å². The summed E-state index contributed by atoms with van der Waals surface area (Å²) in [7, 11) is 1.40. The molecule has 0 bridgehead atoms. The number of carbonyl (C=O) groups is 1. The van der Waals surface area contributed by atoms with Crippen LogP contribution in [-0.2, 0) is 22.6 Å². The maximum absolute atomic E-state index is 13.7. The highest BCUT2D eigenvalue weighted by molar-refractivity contribution is 5.67. The third-order valence-electron chi connectivity index (χ3n) is 2.15. The fourth-order valence-corrected chi connectivity index (χ4v) is 1.37. The maximum Gasteiger partial charge on any atom is 0.303 e. The second kappa shape index (κ2) is 5.55. The first-order chi connectivity index (χ1) is 7.56. The van der Waals surface area contributed by atoms with Crippen molar-refractivity contribution in [2.75, 3.05) is 7.11 Å². The average molecular weight is 230 g/mol. The van der Waals surface area contributed by atoms with Crippen molar-refractivity contribution in [3.8, 4) is 0 Å². The zero-order chi connectivity index (χ0) is 12.1. The maximum atomic E-state index is 13.7. The van der Waals surface area contributed by atoms with E-state index in [2.05, 4.69) is 0 Å². The third kappa shape index (κ3) is 3.00. The van der Waals surface area contributed by atoms with Crippen LogP contribution in [0.1, 0.15) is 17.5 Å². The monoisotopic (exact) mass is 230 g/mol. The molecule has 16 heavy (non-hydrogen) atoms. The van der Waals surface area contributed by atoms with Crippen LogP contribution in [-0.4, -0.2) is 18.2 Å². The number of hydrogen-bond donors (Lipinski definition) is 1. The Balaban J connectivity index is 2.96. The Bertz CT molecular complexity index is 391. The van der Waals surface area contributed by atoms with Gasteiger partial charge in [-0.05, 0) is 12.5 Å². The van der Waals surface area contributed by atoms with E-state index in [-0.39, 0.29) is 30.6 Å². The molecule has 88 valence electrons. The largest absolute Gasteiger partial charge is 0.481 e. The molecule has 0 aromatic heterocycles. The zero-order valence-corrected chi connectivity index (χ0v) is 8.80. The fourth-order valence-electron chi connectivity index (χ4n) is 1.37. The van der Waals surface area contributed by atoms with Crippen LogP contribution in [0.4, 0.5) is 8.78 Å². The van der Waals surface area contributed by atoms with Gasteiger partial charge in [-0.1, -0.05) is 6.07 Å². The van der Waals surface area contributed by atoms with Crippen LogP contribution in [0.15, 0.2) is 12.1 Å². The van der Waals surface area contributed by atoms with Gasteiger partial charge in [0, 0.05) is 24.7 Å².